The molecule has 1 heterocycles. The predicted molar refractivity (Wildman–Crippen MR) is 89.0 cm³/mol. The summed E-state index contributed by atoms with van der Waals surface area (Å²) in [6, 6.07) is 5.94. The van der Waals surface area contributed by atoms with Crippen molar-refractivity contribution in [3.8, 4) is 0 Å². The van der Waals surface area contributed by atoms with E-state index in [1.54, 1.807) is 6.07 Å². The Kier molecular flexibility index (Phi) is 5.38. The molecule has 2 aromatic rings. The molecular weight excluding hydrogens is 424 g/mol. The van der Waals surface area contributed by atoms with Gasteiger partial charge in [-0.3, -0.25) is 0 Å². The highest BCUT2D eigenvalue weighted by Gasteiger charge is 2.10. The van der Waals surface area contributed by atoms with Crippen LogP contribution in [0.1, 0.15) is 15.2 Å². The number of aromatic carboxylic acids is 1. The second kappa shape index (κ2) is 7.06. The van der Waals surface area contributed by atoms with Crippen molar-refractivity contribution in [2.45, 2.75) is 6.54 Å². The summed E-state index contributed by atoms with van der Waals surface area (Å²) in [5, 5.41) is 16.2. The molecule has 2 amide bonds. The molecule has 0 unspecified atom stereocenters. The molecule has 0 fully saturated rings. The molecule has 21 heavy (non-hydrogen) atoms. The first kappa shape index (κ1) is 16.0. The third-order valence-corrected chi connectivity index (χ3v) is 5.18. The van der Waals surface area contributed by atoms with Crippen molar-refractivity contribution in [2.24, 2.45) is 0 Å². The lowest BCUT2D eigenvalue weighted by atomic mass is 10.2. The molecule has 0 radical (unpaired) electrons. The number of urea groups is 1. The molecule has 0 saturated carbocycles. The molecule has 110 valence electrons. The van der Waals surface area contributed by atoms with Crippen molar-refractivity contribution in [2.75, 3.05) is 5.32 Å². The first-order valence-corrected chi connectivity index (χ1v) is 8.23. The standard InChI is InChI=1S/C13H10Br2N2O3S/c14-8-2-1-7(12(18)19)5-10(8)17-13(20)16-6-11-9(15)3-4-21-11/h1-5H,6H2,(H,18,19)(H2,16,17,20). The van der Waals surface area contributed by atoms with Crippen LogP contribution in [0, 0.1) is 0 Å². The van der Waals surface area contributed by atoms with Gasteiger partial charge in [0.25, 0.3) is 0 Å². The van der Waals surface area contributed by atoms with E-state index < -0.39 is 12.0 Å². The van der Waals surface area contributed by atoms with Gasteiger partial charge in [0.05, 0.1) is 17.8 Å². The molecule has 3 N–H and O–H groups in total. The Morgan fingerprint density at radius 2 is 1.95 bits per heavy atom. The lowest BCUT2D eigenvalue weighted by Crippen LogP contribution is -2.28. The van der Waals surface area contributed by atoms with E-state index in [1.165, 1.54) is 23.5 Å². The number of anilines is 1. The molecular formula is C13H10Br2N2O3S. The molecule has 0 spiro atoms. The van der Waals surface area contributed by atoms with Gasteiger partial charge >= 0.3 is 12.0 Å². The minimum atomic E-state index is -1.05. The fraction of sp³-hybridized carbons (Fsp3) is 0.0769. The van der Waals surface area contributed by atoms with Crippen molar-refractivity contribution >= 4 is 60.9 Å². The normalized spacial score (nSPS) is 10.2. The van der Waals surface area contributed by atoms with E-state index in [0.717, 1.165) is 9.35 Å². The van der Waals surface area contributed by atoms with Crippen LogP contribution in [0.3, 0.4) is 0 Å². The lowest BCUT2D eigenvalue weighted by Gasteiger charge is -2.09. The highest BCUT2D eigenvalue weighted by Crippen LogP contribution is 2.24. The zero-order chi connectivity index (χ0) is 15.4. The van der Waals surface area contributed by atoms with Crippen LogP contribution in [0.5, 0.6) is 0 Å². The predicted octanol–water partition coefficient (Wildman–Crippen LogP) is 4.29. The van der Waals surface area contributed by atoms with Crippen LogP contribution in [-0.2, 0) is 6.54 Å². The van der Waals surface area contributed by atoms with E-state index in [0.29, 0.717) is 16.7 Å². The number of halogens is 2. The molecule has 0 saturated heterocycles. The van der Waals surface area contributed by atoms with Crippen molar-refractivity contribution in [1.29, 1.82) is 0 Å². The Bertz CT molecular complexity index is 688. The van der Waals surface area contributed by atoms with Gasteiger partial charge in [0, 0.05) is 13.8 Å². The maximum absolute atomic E-state index is 11.9. The van der Waals surface area contributed by atoms with Gasteiger partial charge < -0.3 is 15.7 Å². The van der Waals surface area contributed by atoms with Crippen LogP contribution in [0.4, 0.5) is 10.5 Å². The highest BCUT2D eigenvalue weighted by atomic mass is 79.9. The van der Waals surface area contributed by atoms with Crippen LogP contribution in [0.2, 0.25) is 0 Å². The summed E-state index contributed by atoms with van der Waals surface area (Å²) in [6.07, 6.45) is 0. The molecule has 0 bridgehead atoms. The number of nitrogens with one attached hydrogen (secondary N) is 2. The third kappa shape index (κ3) is 4.29. The molecule has 1 aromatic carbocycles. The number of carbonyl (C=O) groups is 2. The van der Waals surface area contributed by atoms with Gasteiger partial charge in [0.15, 0.2) is 0 Å². The largest absolute Gasteiger partial charge is 0.478 e. The van der Waals surface area contributed by atoms with E-state index in [-0.39, 0.29) is 5.56 Å². The molecule has 8 heteroatoms. The summed E-state index contributed by atoms with van der Waals surface area (Å²) < 4.78 is 1.56. The zero-order valence-corrected chi connectivity index (χ0v) is 14.5. The number of thiophene rings is 1. The van der Waals surface area contributed by atoms with Crippen LogP contribution in [0.15, 0.2) is 38.6 Å². The van der Waals surface area contributed by atoms with Gasteiger partial charge in [-0.2, -0.15) is 0 Å². The maximum Gasteiger partial charge on any atom is 0.335 e. The average Bonchev–Trinajstić information content (AvgIpc) is 2.84. The Morgan fingerprint density at radius 3 is 2.57 bits per heavy atom. The van der Waals surface area contributed by atoms with Gasteiger partial charge in [0.2, 0.25) is 0 Å². The quantitative estimate of drug-likeness (QED) is 0.672. The number of rotatable bonds is 4. The Morgan fingerprint density at radius 1 is 1.19 bits per heavy atom. The number of benzene rings is 1. The molecule has 0 aliphatic rings. The summed E-state index contributed by atoms with van der Waals surface area (Å²) in [7, 11) is 0. The number of carboxylic acid groups (broad SMARTS) is 1. The minimum Gasteiger partial charge on any atom is -0.478 e. The topological polar surface area (TPSA) is 78.4 Å². The maximum atomic E-state index is 11.9. The number of amides is 2. The minimum absolute atomic E-state index is 0.106. The number of hydrogen-bond donors (Lipinski definition) is 3. The molecule has 5 nitrogen and oxygen atoms in total. The average molecular weight is 434 g/mol. The van der Waals surface area contributed by atoms with Crippen LogP contribution < -0.4 is 10.6 Å². The molecule has 1 aromatic heterocycles. The fourth-order valence-corrected chi connectivity index (χ4v) is 3.31. The van der Waals surface area contributed by atoms with Crippen molar-refractivity contribution in [1.82, 2.24) is 5.32 Å². The summed E-state index contributed by atoms with van der Waals surface area (Å²) in [4.78, 5) is 23.8. The van der Waals surface area contributed by atoms with Gasteiger partial charge in [-0.1, -0.05) is 0 Å². The van der Waals surface area contributed by atoms with Crippen molar-refractivity contribution < 1.29 is 14.7 Å². The first-order chi connectivity index (χ1) is 9.97. The summed E-state index contributed by atoms with van der Waals surface area (Å²) in [5.74, 6) is -1.05. The van der Waals surface area contributed by atoms with Crippen molar-refractivity contribution in [3.63, 3.8) is 0 Å². The van der Waals surface area contributed by atoms with E-state index >= 15 is 0 Å². The third-order valence-electron chi connectivity index (χ3n) is 2.56. The van der Waals surface area contributed by atoms with Gasteiger partial charge in [0.1, 0.15) is 0 Å². The zero-order valence-electron chi connectivity index (χ0n) is 10.5. The Labute approximate surface area is 141 Å². The number of carbonyl (C=O) groups excluding carboxylic acids is 1. The summed E-state index contributed by atoms with van der Waals surface area (Å²) in [6.45, 7) is 0.389. The smallest absolute Gasteiger partial charge is 0.335 e. The highest BCUT2D eigenvalue weighted by molar-refractivity contribution is 9.11. The van der Waals surface area contributed by atoms with E-state index in [1.807, 2.05) is 11.4 Å². The summed E-state index contributed by atoms with van der Waals surface area (Å²) in [5.41, 5.74) is 0.507. The SMILES string of the molecule is O=C(NCc1sccc1Br)Nc1cc(C(=O)O)ccc1Br. The monoisotopic (exact) mass is 432 g/mol. The number of hydrogen-bond acceptors (Lipinski definition) is 3. The van der Waals surface area contributed by atoms with Crippen molar-refractivity contribution in [3.05, 3.63) is 49.0 Å². The first-order valence-electron chi connectivity index (χ1n) is 5.77. The number of carboxylic acids is 1. The van der Waals surface area contributed by atoms with Gasteiger partial charge in [-0.25, -0.2) is 9.59 Å². The van der Waals surface area contributed by atoms with Crippen LogP contribution in [-0.4, -0.2) is 17.1 Å². The second-order valence-corrected chi connectivity index (χ2v) is 6.71. The Balaban J connectivity index is 2.01. The lowest BCUT2D eigenvalue weighted by molar-refractivity contribution is 0.0697. The van der Waals surface area contributed by atoms with Gasteiger partial charge in [-0.15, -0.1) is 11.3 Å². The fourth-order valence-electron chi connectivity index (χ4n) is 1.53. The molecule has 0 aliphatic heterocycles. The second-order valence-electron chi connectivity index (χ2n) is 4.00. The van der Waals surface area contributed by atoms with E-state index in [9.17, 15) is 9.59 Å². The molecule has 0 aliphatic carbocycles. The molecule has 0 atom stereocenters. The Hall–Kier alpha value is -1.38. The van der Waals surface area contributed by atoms with Crippen LogP contribution in [0.25, 0.3) is 0 Å². The van der Waals surface area contributed by atoms with Crippen LogP contribution >= 0.6 is 43.2 Å². The van der Waals surface area contributed by atoms with Gasteiger partial charge in [-0.05, 0) is 61.5 Å². The van der Waals surface area contributed by atoms with E-state index in [2.05, 4.69) is 42.5 Å². The van der Waals surface area contributed by atoms with E-state index in [4.69, 9.17) is 5.11 Å². The molecule has 2 rings (SSSR count). The summed E-state index contributed by atoms with van der Waals surface area (Å²) >= 11 is 8.19.